The summed E-state index contributed by atoms with van der Waals surface area (Å²) in [5.41, 5.74) is 1.61. The van der Waals surface area contributed by atoms with Gasteiger partial charge in [0.1, 0.15) is 0 Å². The van der Waals surface area contributed by atoms with E-state index in [9.17, 15) is 0 Å². The second-order valence-corrected chi connectivity index (χ2v) is 5.62. The predicted molar refractivity (Wildman–Crippen MR) is 67.4 cm³/mol. The molecular formula is C14H26O2. The van der Waals surface area contributed by atoms with Crippen LogP contribution in [0.5, 0.6) is 0 Å². The van der Waals surface area contributed by atoms with Crippen LogP contribution in [0, 0.1) is 5.41 Å². The molecule has 0 spiro atoms. The van der Waals surface area contributed by atoms with Crippen molar-refractivity contribution in [2.45, 2.75) is 59.0 Å². The van der Waals surface area contributed by atoms with Gasteiger partial charge < -0.3 is 9.84 Å². The molecule has 0 bridgehead atoms. The summed E-state index contributed by atoms with van der Waals surface area (Å²) in [7, 11) is 0. The average Bonchev–Trinajstić information content (AvgIpc) is 2.17. The fraction of sp³-hybridized carbons (Fsp3) is 0.857. The van der Waals surface area contributed by atoms with E-state index in [1.165, 1.54) is 24.8 Å². The van der Waals surface area contributed by atoms with Gasteiger partial charge in [0, 0.05) is 6.61 Å². The maximum atomic E-state index is 9.07. The molecule has 0 aromatic rings. The van der Waals surface area contributed by atoms with Crippen LogP contribution >= 0.6 is 0 Å². The molecule has 0 amide bonds. The summed E-state index contributed by atoms with van der Waals surface area (Å²) in [6.07, 6.45) is 8.18. The van der Waals surface area contributed by atoms with E-state index in [-0.39, 0.29) is 0 Å². The molecule has 0 unspecified atom stereocenters. The number of ether oxygens (including phenoxy) is 1. The Bertz CT molecular complexity index is 227. The Kier molecular flexibility index (Phi) is 5.50. The Morgan fingerprint density at radius 3 is 2.88 bits per heavy atom. The molecule has 2 atom stereocenters. The number of hydrogen-bond acceptors (Lipinski definition) is 2. The first-order valence-electron chi connectivity index (χ1n) is 6.41. The summed E-state index contributed by atoms with van der Waals surface area (Å²) in [6.45, 7) is 7.51. The van der Waals surface area contributed by atoms with Crippen molar-refractivity contribution < 1.29 is 9.84 Å². The third-order valence-corrected chi connectivity index (χ3v) is 3.57. The van der Waals surface area contributed by atoms with Crippen molar-refractivity contribution in [2.24, 2.45) is 5.41 Å². The fourth-order valence-corrected chi connectivity index (χ4v) is 2.50. The van der Waals surface area contributed by atoms with Gasteiger partial charge in [0.15, 0.2) is 0 Å². The Morgan fingerprint density at radius 2 is 2.25 bits per heavy atom. The quantitative estimate of drug-likeness (QED) is 0.729. The van der Waals surface area contributed by atoms with Gasteiger partial charge in [-0.1, -0.05) is 25.0 Å². The molecule has 0 radical (unpaired) electrons. The van der Waals surface area contributed by atoms with Crippen LogP contribution in [0.25, 0.3) is 0 Å². The molecule has 94 valence electrons. The molecule has 2 nitrogen and oxygen atoms in total. The highest BCUT2D eigenvalue weighted by molar-refractivity contribution is 4.93. The van der Waals surface area contributed by atoms with E-state index >= 15 is 0 Å². The van der Waals surface area contributed by atoms with Crippen molar-refractivity contribution in [3.05, 3.63) is 11.6 Å². The number of rotatable bonds is 5. The van der Waals surface area contributed by atoms with Crippen molar-refractivity contribution in [2.75, 3.05) is 13.2 Å². The highest BCUT2D eigenvalue weighted by atomic mass is 16.5. The highest BCUT2D eigenvalue weighted by Gasteiger charge is 2.31. The van der Waals surface area contributed by atoms with Gasteiger partial charge in [-0.2, -0.15) is 0 Å². The standard InChI is InChI=1S/C14H26O2/c1-12(2)6-10-16-13-5-4-7-14(3,11-13)8-9-15/h6,13,15H,4-5,7-11H2,1-3H3/t13-,14+/m1/s1. The minimum Gasteiger partial charge on any atom is -0.396 e. The van der Waals surface area contributed by atoms with Crippen molar-refractivity contribution in [1.82, 2.24) is 0 Å². The van der Waals surface area contributed by atoms with E-state index in [1.807, 2.05) is 0 Å². The Hall–Kier alpha value is -0.340. The van der Waals surface area contributed by atoms with Crippen LogP contribution in [0.15, 0.2) is 11.6 Å². The molecule has 2 heteroatoms. The molecule has 0 aromatic heterocycles. The topological polar surface area (TPSA) is 29.5 Å². The van der Waals surface area contributed by atoms with E-state index < -0.39 is 0 Å². The normalized spacial score (nSPS) is 30.1. The van der Waals surface area contributed by atoms with E-state index in [2.05, 4.69) is 26.8 Å². The van der Waals surface area contributed by atoms with Gasteiger partial charge in [-0.15, -0.1) is 0 Å². The summed E-state index contributed by atoms with van der Waals surface area (Å²) >= 11 is 0. The van der Waals surface area contributed by atoms with Gasteiger partial charge >= 0.3 is 0 Å². The van der Waals surface area contributed by atoms with Crippen LogP contribution in [0.1, 0.15) is 52.9 Å². The maximum absolute atomic E-state index is 9.07. The van der Waals surface area contributed by atoms with Crippen LogP contribution in [-0.2, 0) is 4.74 Å². The monoisotopic (exact) mass is 226 g/mol. The van der Waals surface area contributed by atoms with Gasteiger partial charge in [0.2, 0.25) is 0 Å². The molecule has 1 N–H and O–H groups in total. The lowest BCUT2D eigenvalue weighted by Crippen LogP contribution is -2.31. The third kappa shape index (κ3) is 4.67. The zero-order chi connectivity index (χ0) is 12.0. The lowest BCUT2D eigenvalue weighted by atomic mass is 9.72. The van der Waals surface area contributed by atoms with Crippen LogP contribution in [0.3, 0.4) is 0 Å². The molecule has 1 aliphatic rings. The van der Waals surface area contributed by atoms with E-state index in [1.54, 1.807) is 0 Å². The molecule has 1 saturated carbocycles. The molecule has 16 heavy (non-hydrogen) atoms. The number of hydrogen-bond donors (Lipinski definition) is 1. The van der Waals surface area contributed by atoms with Gasteiger partial charge in [0.25, 0.3) is 0 Å². The zero-order valence-electron chi connectivity index (χ0n) is 11.0. The first-order valence-corrected chi connectivity index (χ1v) is 6.41. The fourth-order valence-electron chi connectivity index (χ4n) is 2.50. The molecule has 1 fully saturated rings. The predicted octanol–water partition coefficient (Wildman–Crippen LogP) is 3.30. The zero-order valence-corrected chi connectivity index (χ0v) is 11.0. The van der Waals surface area contributed by atoms with Gasteiger partial charge in [-0.3, -0.25) is 0 Å². The van der Waals surface area contributed by atoms with Crippen molar-refractivity contribution in [1.29, 1.82) is 0 Å². The molecular weight excluding hydrogens is 200 g/mol. The van der Waals surface area contributed by atoms with Crippen LogP contribution < -0.4 is 0 Å². The van der Waals surface area contributed by atoms with Crippen LogP contribution in [-0.4, -0.2) is 24.4 Å². The lowest BCUT2D eigenvalue weighted by Gasteiger charge is -2.37. The lowest BCUT2D eigenvalue weighted by molar-refractivity contribution is -0.00586. The Labute approximate surface area is 99.7 Å². The van der Waals surface area contributed by atoms with Gasteiger partial charge in [-0.05, 0) is 44.9 Å². The van der Waals surface area contributed by atoms with E-state index in [4.69, 9.17) is 9.84 Å². The van der Waals surface area contributed by atoms with Crippen LogP contribution in [0.2, 0.25) is 0 Å². The summed E-state index contributed by atoms with van der Waals surface area (Å²) in [5, 5.41) is 9.07. The summed E-state index contributed by atoms with van der Waals surface area (Å²) in [5.74, 6) is 0. The third-order valence-electron chi connectivity index (χ3n) is 3.57. The smallest absolute Gasteiger partial charge is 0.0653 e. The molecule has 0 aliphatic heterocycles. The maximum Gasteiger partial charge on any atom is 0.0653 e. The molecule has 1 rings (SSSR count). The molecule has 0 aromatic carbocycles. The van der Waals surface area contributed by atoms with E-state index in [0.29, 0.717) is 18.1 Å². The first kappa shape index (κ1) is 13.7. The number of allylic oxidation sites excluding steroid dienone is 1. The molecule has 1 aliphatic carbocycles. The van der Waals surface area contributed by atoms with Gasteiger partial charge in [0.05, 0.1) is 12.7 Å². The van der Waals surface area contributed by atoms with E-state index in [0.717, 1.165) is 19.4 Å². The summed E-state index contributed by atoms with van der Waals surface area (Å²) in [4.78, 5) is 0. The molecule has 0 saturated heterocycles. The minimum absolute atomic E-state index is 0.294. The Balaban J connectivity index is 2.35. The number of aliphatic hydroxyl groups is 1. The van der Waals surface area contributed by atoms with Crippen molar-refractivity contribution in [3.63, 3.8) is 0 Å². The summed E-state index contributed by atoms with van der Waals surface area (Å²) < 4.78 is 5.88. The van der Waals surface area contributed by atoms with Crippen LogP contribution in [0.4, 0.5) is 0 Å². The highest BCUT2D eigenvalue weighted by Crippen LogP contribution is 2.39. The Morgan fingerprint density at radius 1 is 1.50 bits per heavy atom. The molecule has 0 heterocycles. The second kappa shape index (κ2) is 6.41. The van der Waals surface area contributed by atoms with Crippen molar-refractivity contribution >= 4 is 0 Å². The average molecular weight is 226 g/mol. The number of aliphatic hydroxyl groups excluding tert-OH is 1. The van der Waals surface area contributed by atoms with Gasteiger partial charge in [-0.25, -0.2) is 0 Å². The largest absolute Gasteiger partial charge is 0.396 e. The van der Waals surface area contributed by atoms with Crippen molar-refractivity contribution in [3.8, 4) is 0 Å². The second-order valence-electron chi connectivity index (χ2n) is 5.62. The summed E-state index contributed by atoms with van der Waals surface area (Å²) in [6, 6.07) is 0. The minimum atomic E-state index is 0.294. The first-order chi connectivity index (χ1) is 7.56. The SMILES string of the molecule is CC(C)=CCO[C@@H]1CCC[C@@](C)(CCO)C1.